The number of nitrogens with one attached hydrogen (secondary N) is 1. The second kappa shape index (κ2) is 8.32. The minimum Gasteiger partial charge on any atom is -0.497 e. The van der Waals surface area contributed by atoms with Crippen LogP contribution in [-0.4, -0.2) is 26.8 Å². The van der Waals surface area contributed by atoms with Crippen LogP contribution in [0.1, 0.15) is 11.1 Å². The molecule has 0 saturated carbocycles. The van der Waals surface area contributed by atoms with Gasteiger partial charge < -0.3 is 14.8 Å². The van der Waals surface area contributed by atoms with E-state index in [0.29, 0.717) is 6.61 Å². The molecule has 3 heteroatoms. The maximum absolute atomic E-state index is 5.66. The molecule has 112 valence electrons. The van der Waals surface area contributed by atoms with E-state index < -0.39 is 0 Å². The Hall–Kier alpha value is -2.00. The van der Waals surface area contributed by atoms with Crippen molar-refractivity contribution in [2.24, 2.45) is 0 Å². The fourth-order valence-corrected chi connectivity index (χ4v) is 2.03. The van der Waals surface area contributed by atoms with E-state index in [9.17, 15) is 0 Å². The van der Waals surface area contributed by atoms with Crippen molar-refractivity contribution in [1.29, 1.82) is 0 Å². The number of ether oxygens (including phenoxy) is 2. The van der Waals surface area contributed by atoms with Gasteiger partial charge in [-0.2, -0.15) is 0 Å². The molecule has 0 radical (unpaired) electrons. The van der Waals surface area contributed by atoms with Gasteiger partial charge in [-0.25, -0.2) is 0 Å². The largest absolute Gasteiger partial charge is 0.497 e. The molecule has 21 heavy (non-hydrogen) atoms. The van der Waals surface area contributed by atoms with Crippen LogP contribution >= 0.6 is 0 Å². The third kappa shape index (κ3) is 5.48. The van der Waals surface area contributed by atoms with Crippen molar-refractivity contribution in [2.75, 3.05) is 26.8 Å². The van der Waals surface area contributed by atoms with Gasteiger partial charge >= 0.3 is 0 Å². The van der Waals surface area contributed by atoms with Crippen LogP contribution in [0, 0.1) is 6.92 Å². The van der Waals surface area contributed by atoms with Crippen LogP contribution in [0.5, 0.6) is 11.5 Å². The first-order valence-electron chi connectivity index (χ1n) is 7.31. The molecule has 0 heterocycles. The Morgan fingerprint density at radius 3 is 2.19 bits per heavy atom. The molecular weight excluding hydrogens is 262 g/mol. The Labute approximate surface area is 126 Å². The average molecular weight is 285 g/mol. The van der Waals surface area contributed by atoms with Gasteiger partial charge in [0.05, 0.1) is 7.11 Å². The molecule has 0 aliphatic heterocycles. The maximum atomic E-state index is 5.66. The van der Waals surface area contributed by atoms with Crippen molar-refractivity contribution >= 4 is 0 Å². The first-order valence-corrected chi connectivity index (χ1v) is 7.31. The fraction of sp³-hybridized carbons (Fsp3) is 0.333. The van der Waals surface area contributed by atoms with Gasteiger partial charge in [-0.3, -0.25) is 0 Å². The van der Waals surface area contributed by atoms with Crippen LogP contribution in [0.15, 0.2) is 48.5 Å². The number of methoxy groups -OCH3 is 1. The van der Waals surface area contributed by atoms with E-state index in [-0.39, 0.29) is 0 Å². The number of benzene rings is 2. The molecule has 2 rings (SSSR count). The highest BCUT2D eigenvalue weighted by Gasteiger charge is 1.96. The minimum absolute atomic E-state index is 0.686. The summed E-state index contributed by atoms with van der Waals surface area (Å²) in [6.45, 7) is 4.56. The maximum Gasteiger partial charge on any atom is 0.119 e. The zero-order valence-corrected chi connectivity index (χ0v) is 12.8. The third-order valence-corrected chi connectivity index (χ3v) is 3.32. The van der Waals surface area contributed by atoms with Crippen molar-refractivity contribution in [2.45, 2.75) is 13.3 Å². The van der Waals surface area contributed by atoms with Crippen molar-refractivity contribution < 1.29 is 9.47 Å². The van der Waals surface area contributed by atoms with Crippen LogP contribution in [0.3, 0.4) is 0 Å². The lowest BCUT2D eigenvalue weighted by Gasteiger charge is -2.08. The highest BCUT2D eigenvalue weighted by molar-refractivity contribution is 5.27. The topological polar surface area (TPSA) is 30.5 Å². The number of aryl methyl sites for hydroxylation is 1. The molecule has 0 aromatic heterocycles. The summed E-state index contributed by atoms with van der Waals surface area (Å²) < 4.78 is 10.8. The average Bonchev–Trinajstić information content (AvgIpc) is 2.53. The van der Waals surface area contributed by atoms with Crippen LogP contribution < -0.4 is 14.8 Å². The molecule has 2 aromatic carbocycles. The second-order valence-corrected chi connectivity index (χ2v) is 5.01. The van der Waals surface area contributed by atoms with Crippen LogP contribution in [0.25, 0.3) is 0 Å². The van der Waals surface area contributed by atoms with E-state index in [0.717, 1.165) is 31.0 Å². The van der Waals surface area contributed by atoms with E-state index >= 15 is 0 Å². The van der Waals surface area contributed by atoms with Gasteiger partial charge in [-0.15, -0.1) is 0 Å². The summed E-state index contributed by atoms with van der Waals surface area (Å²) in [5.74, 6) is 1.83. The van der Waals surface area contributed by atoms with Crippen molar-refractivity contribution in [3.05, 3.63) is 59.7 Å². The van der Waals surface area contributed by atoms with E-state index in [4.69, 9.17) is 9.47 Å². The highest BCUT2D eigenvalue weighted by Crippen LogP contribution is 2.12. The molecule has 0 unspecified atom stereocenters. The Morgan fingerprint density at radius 1 is 0.857 bits per heavy atom. The first kappa shape index (κ1) is 15.4. The smallest absolute Gasteiger partial charge is 0.119 e. The molecule has 0 fully saturated rings. The van der Waals surface area contributed by atoms with Gasteiger partial charge in [-0.05, 0) is 49.7 Å². The molecule has 0 saturated heterocycles. The highest BCUT2D eigenvalue weighted by atomic mass is 16.5. The van der Waals surface area contributed by atoms with Gasteiger partial charge in [0.1, 0.15) is 18.1 Å². The van der Waals surface area contributed by atoms with Crippen molar-refractivity contribution in [1.82, 2.24) is 5.32 Å². The van der Waals surface area contributed by atoms with E-state index in [1.165, 1.54) is 11.1 Å². The lowest BCUT2D eigenvalue weighted by molar-refractivity contribution is 0.314. The van der Waals surface area contributed by atoms with Gasteiger partial charge in [0, 0.05) is 6.54 Å². The van der Waals surface area contributed by atoms with Gasteiger partial charge in [0.15, 0.2) is 0 Å². The second-order valence-electron chi connectivity index (χ2n) is 5.01. The molecule has 0 amide bonds. The standard InChI is InChI=1S/C18H23NO2/c1-15-3-7-18(8-4-15)21-14-13-19-12-11-16-5-9-17(20-2)10-6-16/h3-10,19H,11-14H2,1-2H3. The van der Waals surface area contributed by atoms with Gasteiger partial charge in [0.2, 0.25) is 0 Å². The summed E-state index contributed by atoms with van der Waals surface area (Å²) in [7, 11) is 1.69. The normalized spacial score (nSPS) is 10.4. The lowest BCUT2D eigenvalue weighted by Crippen LogP contribution is -2.23. The summed E-state index contributed by atoms with van der Waals surface area (Å²) in [6.07, 6.45) is 1.01. The Balaban J connectivity index is 1.58. The minimum atomic E-state index is 0.686. The summed E-state index contributed by atoms with van der Waals surface area (Å²) in [4.78, 5) is 0. The zero-order chi connectivity index (χ0) is 14.9. The number of hydrogen-bond acceptors (Lipinski definition) is 3. The molecule has 1 N–H and O–H groups in total. The molecule has 0 aliphatic rings. The van der Waals surface area contributed by atoms with Crippen LogP contribution in [0.4, 0.5) is 0 Å². The Morgan fingerprint density at radius 2 is 1.52 bits per heavy atom. The SMILES string of the molecule is COc1ccc(CCNCCOc2ccc(C)cc2)cc1. The van der Waals surface area contributed by atoms with E-state index in [2.05, 4.69) is 36.5 Å². The predicted molar refractivity (Wildman–Crippen MR) is 86.2 cm³/mol. The zero-order valence-electron chi connectivity index (χ0n) is 12.8. The van der Waals surface area contributed by atoms with Gasteiger partial charge in [0.25, 0.3) is 0 Å². The summed E-state index contributed by atoms with van der Waals surface area (Å²) in [5, 5.41) is 3.39. The van der Waals surface area contributed by atoms with Crippen molar-refractivity contribution in [3.63, 3.8) is 0 Å². The first-order chi connectivity index (χ1) is 10.3. The summed E-state index contributed by atoms with van der Waals surface area (Å²) >= 11 is 0. The molecule has 0 atom stereocenters. The Kier molecular flexibility index (Phi) is 6.10. The quantitative estimate of drug-likeness (QED) is 0.755. The summed E-state index contributed by atoms with van der Waals surface area (Å²) in [5.41, 5.74) is 2.56. The monoisotopic (exact) mass is 285 g/mol. The van der Waals surface area contributed by atoms with Gasteiger partial charge in [-0.1, -0.05) is 29.8 Å². The molecule has 0 spiro atoms. The van der Waals surface area contributed by atoms with E-state index in [1.54, 1.807) is 7.11 Å². The molecule has 0 aliphatic carbocycles. The predicted octanol–water partition coefficient (Wildman–Crippen LogP) is 3.21. The van der Waals surface area contributed by atoms with E-state index in [1.807, 2.05) is 24.3 Å². The molecular formula is C18H23NO2. The molecule has 3 nitrogen and oxygen atoms in total. The third-order valence-electron chi connectivity index (χ3n) is 3.32. The molecule has 0 bridgehead atoms. The van der Waals surface area contributed by atoms with Crippen LogP contribution in [-0.2, 0) is 6.42 Å². The molecule has 2 aromatic rings. The van der Waals surface area contributed by atoms with Crippen molar-refractivity contribution in [3.8, 4) is 11.5 Å². The van der Waals surface area contributed by atoms with Crippen LogP contribution in [0.2, 0.25) is 0 Å². The number of hydrogen-bond donors (Lipinski definition) is 1. The summed E-state index contributed by atoms with van der Waals surface area (Å²) in [6, 6.07) is 16.3. The Bertz CT molecular complexity index is 520. The number of rotatable bonds is 8. The lowest BCUT2D eigenvalue weighted by atomic mass is 10.1. The fourth-order valence-electron chi connectivity index (χ4n) is 2.03.